The maximum Gasteiger partial charge on any atom is 0.235 e. The zero-order valence-electron chi connectivity index (χ0n) is 17.5. The van der Waals surface area contributed by atoms with E-state index in [-0.39, 0.29) is 22.5 Å². The molecule has 0 atom stereocenters. The average Bonchev–Trinajstić information content (AvgIpc) is 2.84. The second-order valence-corrected chi connectivity index (χ2v) is 6.91. The van der Waals surface area contributed by atoms with Crippen LogP contribution < -0.4 is 19.6 Å². The molecule has 1 heterocycles. The van der Waals surface area contributed by atoms with Crippen molar-refractivity contribution < 1.29 is 40.6 Å². The van der Waals surface area contributed by atoms with Gasteiger partial charge < -0.3 is 18.6 Å². The minimum Gasteiger partial charge on any atom is -0.490 e. The maximum atomic E-state index is 13.8. The first-order chi connectivity index (χ1) is 16.3. The molecule has 0 spiro atoms. The number of hydrogen-bond acceptors (Lipinski definition) is 5. The molecule has 0 saturated heterocycles. The summed E-state index contributed by atoms with van der Waals surface area (Å²) in [4.78, 5) is 12.8. The molecule has 10 heteroatoms. The molecule has 4 aromatic rings. The van der Waals surface area contributed by atoms with E-state index in [1.165, 1.54) is 18.2 Å². The Hall–Kier alpha value is -4.08. The molecule has 34 heavy (non-hydrogen) atoms. The van der Waals surface area contributed by atoms with E-state index in [4.69, 9.17) is 18.6 Å². The van der Waals surface area contributed by atoms with Crippen LogP contribution in [-0.4, -0.2) is 6.61 Å². The number of ether oxygens (including phenoxy) is 3. The highest BCUT2D eigenvalue weighted by atomic mass is 19.2. The molecule has 1 aromatic heterocycles. The summed E-state index contributed by atoms with van der Waals surface area (Å²) in [5, 5.41) is 0.106. The van der Waals surface area contributed by atoms with E-state index in [0.717, 1.165) is 6.26 Å². The zero-order valence-corrected chi connectivity index (χ0v) is 17.5. The van der Waals surface area contributed by atoms with Crippen LogP contribution in [0.2, 0.25) is 0 Å². The van der Waals surface area contributed by atoms with Crippen LogP contribution in [-0.2, 0) is 6.61 Å². The summed E-state index contributed by atoms with van der Waals surface area (Å²) in [7, 11) is 0. The van der Waals surface area contributed by atoms with Crippen molar-refractivity contribution in [3.05, 3.63) is 93.6 Å². The molecule has 0 amide bonds. The summed E-state index contributed by atoms with van der Waals surface area (Å²) in [5.74, 6) is -9.78. The molecule has 0 aliphatic rings. The fourth-order valence-corrected chi connectivity index (χ4v) is 3.11. The Bertz CT molecular complexity index is 1400. The lowest BCUT2D eigenvalue weighted by Crippen LogP contribution is -2.10. The molecular weight excluding hydrogens is 463 g/mol. The van der Waals surface area contributed by atoms with Gasteiger partial charge in [-0.25, -0.2) is 22.0 Å². The molecule has 0 aliphatic heterocycles. The minimum atomic E-state index is -2.26. The van der Waals surface area contributed by atoms with Crippen molar-refractivity contribution in [2.45, 2.75) is 13.5 Å². The van der Waals surface area contributed by atoms with Gasteiger partial charge in [0.2, 0.25) is 17.0 Å². The second kappa shape index (κ2) is 9.42. The highest BCUT2D eigenvalue weighted by molar-refractivity contribution is 5.79. The molecule has 0 N–H and O–H groups in total. The summed E-state index contributed by atoms with van der Waals surface area (Å²) in [6.45, 7) is 1.24. The van der Waals surface area contributed by atoms with E-state index >= 15 is 0 Å². The van der Waals surface area contributed by atoms with Crippen molar-refractivity contribution in [2.75, 3.05) is 6.61 Å². The van der Waals surface area contributed by atoms with Crippen LogP contribution >= 0.6 is 0 Å². The lowest BCUT2D eigenvalue weighted by molar-refractivity contribution is 0.279. The van der Waals surface area contributed by atoms with Crippen molar-refractivity contribution >= 4 is 11.0 Å². The third-order valence-electron chi connectivity index (χ3n) is 4.77. The van der Waals surface area contributed by atoms with E-state index in [1.54, 1.807) is 31.2 Å². The maximum absolute atomic E-state index is 13.8. The number of halogens is 5. The average molecular weight is 478 g/mol. The standard InChI is InChI=1S/C24H15F5O5/c1-2-31-15-5-3-4-6-16(15)34-18-11-33-17-9-12(7-8-13(17)24(18)30)32-10-14-19(25)21(27)23(29)22(28)20(14)26/h3-9,11H,2,10H2,1H3. The Kier molecular flexibility index (Phi) is 6.40. The second-order valence-electron chi connectivity index (χ2n) is 6.91. The Balaban J connectivity index is 1.59. The largest absolute Gasteiger partial charge is 0.490 e. The van der Waals surface area contributed by atoms with E-state index in [1.807, 2.05) is 0 Å². The summed E-state index contributed by atoms with van der Waals surface area (Å²) in [6.07, 6.45) is 1.07. The van der Waals surface area contributed by atoms with E-state index in [0.29, 0.717) is 18.1 Å². The fourth-order valence-electron chi connectivity index (χ4n) is 3.11. The molecule has 0 radical (unpaired) electrons. The number of benzene rings is 3. The van der Waals surface area contributed by atoms with E-state index in [2.05, 4.69) is 0 Å². The van der Waals surface area contributed by atoms with Crippen molar-refractivity contribution in [3.8, 4) is 23.0 Å². The van der Waals surface area contributed by atoms with Crippen LogP contribution in [0.25, 0.3) is 11.0 Å². The topological polar surface area (TPSA) is 57.9 Å². The quantitative estimate of drug-likeness (QED) is 0.178. The van der Waals surface area contributed by atoms with Crippen LogP contribution in [0.5, 0.6) is 23.0 Å². The summed E-state index contributed by atoms with van der Waals surface area (Å²) in [6, 6.07) is 10.6. The van der Waals surface area contributed by atoms with Gasteiger partial charge >= 0.3 is 0 Å². The summed E-state index contributed by atoms with van der Waals surface area (Å²) >= 11 is 0. The first-order valence-electron chi connectivity index (χ1n) is 9.90. The van der Waals surface area contributed by atoms with Gasteiger partial charge in [0.25, 0.3) is 0 Å². The van der Waals surface area contributed by atoms with Gasteiger partial charge in [-0.3, -0.25) is 4.79 Å². The molecule has 0 aliphatic carbocycles. The number of fused-ring (bicyclic) bond motifs is 1. The lowest BCUT2D eigenvalue weighted by atomic mass is 10.1. The third-order valence-corrected chi connectivity index (χ3v) is 4.77. The van der Waals surface area contributed by atoms with Gasteiger partial charge in [0.15, 0.2) is 34.8 Å². The Labute approximate surface area is 188 Å². The minimum absolute atomic E-state index is 0.0325. The molecule has 5 nitrogen and oxygen atoms in total. The normalized spacial score (nSPS) is 11.0. The van der Waals surface area contributed by atoms with Crippen molar-refractivity contribution in [2.24, 2.45) is 0 Å². The highest BCUT2D eigenvalue weighted by Crippen LogP contribution is 2.31. The highest BCUT2D eigenvalue weighted by Gasteiger charge is 2.26. The van der Waals surface area contributed by atoms with Crippen molar-refractivity contribution in [1.82, 2.24) is 0 Å². The fraction of sp³-hybridized carbons (Fsp3) is 0.125. The van der Waals surface area contributed by atoms with E-state index < -0.39 is 46.7 Å². The molecule has 0 bridgehead atoms. The predicted octanol–water partition coefficient (Wildman–Crippen LogP) is 6.26. The van der Waals surface area contributed by atoms with Gasteiger partial charge in [0.1, 0.15) is 24.2 Å². The van der Waals surface area contributed by atoms with Gasteiger partial charge in [-0.15, -0.1) is 0 Å². The number of rotatable bonds is 7. The first-order valence-corrected chi connectivity index (χ1v) is 9.90. The molecule has 176 valence electrons. The monoisotopic (exact) mass is 478 g/mol. The van der Waals surface area contributed by atoms with Gasteiger partial charge in [0.05, 0.1) is 17.6 Å². The third kappa shape index (κ3) is 4.26. The van der Waals surface area contributed by atoms with Crippen LogP contribution in [0.4, 0.5) is 22.0 Å². The Morgan fingerprint density at radius 3 is 2.12 bits per heavy atom. The number of para-hydroxylation sites is 2. The molecular formula is C24H15F5O5. The predicted molar refractivity (Wildman–Crippen MR) is 111 cm³/mol. The Morgan fingerprint density at radius 1 is 0.794 bits per heavy atom. The van der Waals surface area contributed by atoms with Gasteiger partial charge in [0, 0.05) is 6.07 Å². The van der Waals surface area contributed by atoms with Crippen LogP contribution in [0, 0.1) is 29.1 Å². The zero-order chi connectivity index (χ0) is 24.4. The lowest BCUT2D eigenvalue weighted by Gasteiger charge is -2.12. The molecule has 0 saturated carbocycles. The van der Waals surface area contributed by atoms with Gasteiger partial charge in [-0.1, -0.05) is 12.1 Å². The van der Waals surface area contributed by atoms with E-state index in [9.17, 15) is 26.7 Å². The van der Waals surface area contributed by atoms with Crippen LogP contribution in [0.3, 0.4) is 0 Å². The first kappa shape index (κ1) is 23.1. The molecule has 3 aromatic carbocycles. The van der Waals surface area contributed by atoms with Gasteiger partial charge in [-0.2, -0.15) is 0 Å². The molecule has 0 unspecified atom stereocenters. The Morgan fingerprint density at radius 2 is 1.44 bits per heavy atom. The van der Waals surface area contributed by atoms with Gasteiger partial charge in [-0.05, 0) is 31.2 Å². The van der Waals surface area contributed by atoms with Crippen LogP contribution in [0.1, 0.15) is 12.5 Å². The summed E-state index contributed by atoms with van der Waals surface area (Å²) in [5.41, 5.74) is -1.60. The molecule has 0 fully saturated rings. The molecule has 4 rings (SSSR count). The smallest absolute Gasteiger partial charge is 0.235 e. The SMILES string of the molecule is CCOc1ccccc1Oc1coc2cc(OCc3c(F)c(F)c(F)c(F)c3F)ccc2c1=O. The summed E-state index contributed by atoms with van der Waals surface area (Å²) < 4.78 is 89.3. The van der Waals surface area contributed by atoms with Crippen molar-refractivity contribution in [1.29, 1.82) is 0 Å². The van der Waals surface area contributed by atoms with Crippen LogP contribution in [0.15, 0.2) is 57.9 Å². The number of hydrogen-bond donors (Lipinski definition) is 0. The van der Waals surface area contributed by atoms with Crippen molar-refractivity contribution in [3.63, 3.8) is 0 Å².